The fraction of sp³-hybridized carbons (Fsp3) is 1.00. The summed E-state index contributed by atoms with van der Waals surface area (Å²) >= 11 is 0. The van der Waals surface area contributed by atoms with Crippen molar-refractivity contribution in [1.29, 1.82) is 0 Å². The molecule has 94 valence electrons. The predicted octanol–water partition coefficient (Wildman–Crippen LogP) is 3.24. The Bertz CT molecular complexity index is 205. The lowest BCUT2D eigenvalue weighted by Gasteiger charge is -2.41. The summed E-state index contributed by atoms with van der Waals surface area (Å²) in [6, 6.07) is 0.265. The fourth-order valence-electron chi connectivity index (χ4n) is 3.70. The van der Waals surface area contributed by atoms with Gasteiger partial charge in [0.05, 0.1) is 5.60 Å². The summed E-state index contributed by atoms with van der Waals surface area (Å²) in [5.74, 6) is 0.879. The predicted molar refractivity (Wildman–Crippen MR) is 67.4 cm³/mol. The first-order valence-corrected chi connectivity index (χ1v) is 7.07. The lowest BCUT2D eigenvalue weighted by molar-refractivity contribution is -0.0630. The van der Waals surface area contributed by atoms with Gasteiger partial charge in [-0.25, -0.2) is 0 Å². The lowest BCUT2D eigenvalue weighted by Crippen LogP contribution is -2.51. The van der Waals surface area contributed by atoms with Crippen LogP contribution in [0.5, 0.6) is 0 Å². The summed E-state index contributed by atoms with van der Waals surface area (Å²) in [7, 11) is 1.86. The van der Waals surface area contributed by atoms with Crippen molar-refractivity contribution < 1.29 is 4.74 Å². The third-order valence-corrected chi connectivity index (χ3v) is 4.84. The van der Waals surface area contributed by atoms with Gasteiger partial charge in [-0.2, -0.15) is 0 Å². The largest absolute Gasteiger partial charge is 0.377 e. The summed E-state index contributed by atoms with van der Waals surface area (Å²) in [4.78, 5) is 0. The van der Waals surface area contributed by atoms with Gasteiger partial charge in [0.25, 0.3) is 0 Å². The molecule has 0 aromatic rings. The molecule has 0 heterocycles. The molecule has 1 atom stereocenters. The van der Waals surface area contributed by atoms with Gasteiger partial charge in [-0.1, -0.05) is 44.9 Å². The van der Waals surface area contributed by atoms with E-state index in [2.05, 4.69) is 0 Å². The van der Waals surface area contributed by atoms with Crippen LogP contribution in [0, 0.1) is 5.92 Å². The molecule has 16 heavy (non-hydrogen) atoms. The molecule has 0 saturated heterocycles. The summed E-state index contributed by atoms with van der Waals surface area (Å²) in [6.45, 7) is 0. The van der Waals surface area contributed by atoms with E-state index in [0.717, 1.165) is 5.92 Å². The van der Waals surface area contributed by atoms with Crippen molar-refractivity contribution in [1.82, 2.24) is 0 Å². The molecule has 0 amide bonds. The minimum Gasteiger partial charge on any atom is -0.377 e. The van der Waals surface area contributed by atoms with E-state index in [1.807, 2.05) is 7.11 Å². The van der Waals surface area contributed by atoms with Crippen LogP contribution in [-0.2, 0) is 4.74 Å². The lowest BCUT2D eigenvalue weighted by atomic mass is 9.76. The number of nitrogens with two attached hydrogens (primary N) is 1. The smallest absolute Gasteiger partial charge is 0.0828 e. The minimum atomic E-state index is 0.0147. The van der Waals surface area contributed by atoms with E-state index < -0.39 is 0 Å². The van der Waals surface area contributed by atoms with Crippen LogP contribution >= 0.6 is 0 Å². The standard InChI is InChI=1S/C14H27NO/c1-16-14(9-5-2-6-10-14)13(15)11-12-7-3-4-8-12/h12-13H,2-11,15H2,1H3. The van der Waals surface area contributed by atoms with E-state index in [0.29, 0.717) is 0 Å². The van der Waals surface area contributed by atoms with Gasteiger partial charge in [0.2, 0.25) is 0 Å². The van der Waals surface area contributed by atoms with E-state index in [1.54, 1.807) is 0 Å². The van der Waals surface area contributed by atoms with Crippen LogP contribution < -0.4 is 5.73 Å². The van der Waals surface area contributed by atoms with Crippen LogP contribution in [0.15, 0.2) is 0 Å². The third-order valence-electron chi connectivity index (χ3n) is 4.84. The molecule has 2 saturated carbocycles. The van der Waals surface area contributed by atoms with Gasteiger partial charge in [0, 0.05) is 13.2 Å². The van der Waals surface area contributed by atoms with Crippen molar-refractivity contribution >= 4 is 0 Å². The third kappa shape index (κ3) is 2.60. The maximum absolute atomic E-state index is 6.45. The molecule has 2 N–H and O–H groups in total. The van der Waals surface area contributed by atoms with Crippen molar-refractivity contribution in [2.45, 2.75) is 75.9 Å². The van der Waals surface area contributed by atoms with Crippen molar-refractivity contribution in [2.75, 3.05) is 7.11 Å². The molecule has 0 aliphatic heterocycles. The molecule has 0 spiro atoms. The topological polar surface area (TPSA) is 35.2 Å². The summed E-state index contributed by atoms with van der Waals surface area (Å²) in [6.07, 6.45) is 13.1. The van der Waals surface area contributed by atoms with Gasteiger partial charge >= 0.3 is 0 Å². The zero-order valence-corrected chi connectivity index (χ0v) is 10.7. The van der Waals surface area contributed by atoms with Crippen LogP contribution in [0.2, 0.25) is 0 Å². The Hall–Kier alpha value is -0.0800. The quantitative estimate of drug-likeness (QED) is 0.797. The van der Waals surface area contributed by atoms with E-state index >= 15 is 0 Å². The van der Waals surface area contributed by atoms with Crippen molar-refractivity contribution in [2.24, 2.45) is 11.7 Å². The van der Waals surface area contributed by atoms with E-state index in [4.69, 9.17) is 10.5 Å². The summed E-state index contributed by atoms with van der Waals surface area (Å²) < 4.78 is 5.83. The van der Waals surface area contributed by atoms with Gasteiger partial charge in [0.1, 0.15) is 0 Å². The summed E-state index contributed by atoms with van der Waals surface area (Å²) in [5, 5.41) is 0. The Balaban J connectivity index is 1.91. The maximum Gasteiger partial charge on any atom is 0.0828 e. The Morgan fingerprint density at radius 2 is 1.75 bits per heavy atom. The highest BCUT2D eigenvalue weighted by Gasteiger charge is 2.39. The van der Waals surface area contributed by atoms with E-state index in [1.165, 1.54) is 64.2 Å². The number of ether oxygens (including phenoxy) is 1. The molecule has 2 aliphatic rings. The summed E-state index contributed by atoms with van der Waals surface area (Å²) in [5.41, 5.74) is 6.46. The number of hydrogen-bond acceptors (Lipinski definition) is 2. The second kappa shape index (κ2) is 5.50. The highest BCUT2D eigenvalue weighted by atomic mass is 16.5. The Kier molecular flexibility index (Phi) is 4.26. The molecule has 2 aliphatic carbocycles. The van der Waals surface area contributed by atoms with Crippen LogP contribution in [-0.4, -0.2) is 18.8 Å². The Morgan fingerprint density at radius 3 is 2.31 bits per heavy atom. The zero-order valence-electron chi connectivity index (χ0n) is 10.7. The van der Waals surface area contributed by atoms with Crippen molar-refractivity contribution in [3.05, 3.63) is 0 Å². The Labute approximate surface area is 99.9 Å². The van der Waals surface area contributed by atoms with Gasteiger partial charge in [-0.3, -0.25) is 0 Å². The van der Waals surface area contributed by atoms with Gasteiger partial charge in [0.15, 0.2) is 0 Å². The minimum absolute atomic E-state index is 0.0147. The van der Waals surface area contributed by atoms with Crippen LogP contribution in [0.25, 0.3) is 0 Å². The highest BCUT2D eigenvalue weighted by molar-refractivity contribution is 4.94. The second-order valence-corrected chi connectivity index (χ2v) is 5.82. The molecule has 0 bridgehead atoms. The van der Waals surface area contributed by atoms with Gasteiger partial charge in [-0.15, -0.1) is 0 Å². The molecule has 2 nitrogen and oxygen atoms in total. The number of hydrogen-bond donors (Lipinski definition) is 1. The number of rotatable bonds is 4. The van der Waals surface area contributed by atoms with Crippen molar-refractivity contribution in [3.8, 4) is 0 Å². The molecule has 2 heteroatoms. The molecular weight excluding hydrogens is 198 g/mol. The molecule has 2 rings (SSSR count). The first kappa shape index (κ1) is 12.4. The molecule has 0 aromatic heterocycles. The van der Waals surface area contributed by atoms with Gasteiger partial charge < -0.3 is 10.5 Å². The molecule has 2 fully saturated rings. The van der Waals surface area contributed by atoms with Crippen molar-refractivity contribution in [3.63, 3.8) is 0 Å². The maximum atomic E-state index is 6.45. The normalized spacial score (nSPS) is 28.1. The fourth-order valence-corrected chi connectivity index (χ4v) is 3.70. The molecule has 0 aromatic carbocycles. The first-order valence-electron chi connectivity index (χ1n) is 7.07. The average Bonchev–Trinajstić information content (AvgIpc) is 2.82. The van der Waals surface area contributed by atoms with Crippen LogP contribution in [0.3, 0.4) is 0 Å². The van der Waals surface area contributed by atoms with Crippen LogP contribution in [0.4, 0.5) is 0 Å². The average molecular weight is 225 g/mol. The zero-order chi connectivity index (χ0) is 11.4. The molecule has 0 radical (unpaired) electrons. The second-order valence-electron chi connectivity index (χ2n) is 5.82. The molecular formula is C14H27NO. The Morgan fingerprint density at radius 1 is 1.12 bits per heavy atom. The monoisotopic (exact) mass is 225 g/mol. The van der Waals surface area contributed by atoms with Gasteiger partial charge in [-0.05, 0) is 25.2 Å². The van der Waals surface area contributed by atoms with E-state index in [9.17, 15) is 0 Å². The first-order chi connectivity index (χ1) is 7.77. The number of methoxy groups -OCH3 is 1. The molecule has 1 unspecified atom stereocenters. The van der Waals surface area contributed by atoms with Crippen LogP contribution in [0.1, 0.15) is 64.2 Å². The van der Waals surface area contributed by atoms with E-state index in [-0.39, 0.29) is 11.6 Å². The SMILES string of the molecule is COC1(C(N)CC2CCCC2)CCCCC1. The highest BCUT2D eigenvalue weighted by Crippen LogP contribution is 2.37.